The lowest BCUT2D eigenvalue weighted by molar-refractivity contribution is -0.369. The van der Waals surface area contributed by atoms with Crippen molar-refractivity contribution in [2.45, 2.75) is 19.4 Å². The molecule has 2 nitrogen and oxygen atoms in total. The molecule has 0 aromatic heterocycles. The van der Waals surface area contributed by atoms with Crippen LogP contribution in [0.1, 0.15) is 25.0 Å². The Morgan fingerprint density at radius 1 is 1.31 bits per heavy atom. The minimum absolute atomic E-state index is 0.202. The largest absolute Gasteiger partial charge is 0.374 e. The zero-order chi connectivity index (χ0) is 9.52. The van der Waals surface area contributed by atoms with E-state index in [9.17, 15) is 0 Å². The summed E-state index contributed by atoms with van der Waals surface area (Å²) in [5.41, 5.74) is 5.02. The van der Waals surface area contributed by atoms with Gasteiger partial charge in [0.1, 0.15) is 0 Å². The van der Waals surface area contributed by atoms with Crippen molar-refractivity contribution in [2.75, 3.05) is 13.2 Å². The summed E-state index contributed by atoms with van der Waals surface area (Å²) in [7, 11) is 0. The van der Waals surface area contributed by atoms with Gasteiger partial charge in [-0.2, -0.15) is 0 Å². The third-order valence-electron chi connectivity index (χ3n) is 2.03. The summed E-state index contributed by atoms with van der Waals surface area (Å²) in [5, 5.41) is 0. The van der Waals surface area contributed by atoms with E-state index in [-0.39, 0.29) is 6.10 Å². The quantitative estimate of drug-likeness (QED) is 0.683. The highest BCUT2D eigenvalue weighted by atomic mass is 16.5. The standard InChI is InChI=1S/C11H17NO/c1-10(13-9-5-8-12)11-6-3-2-4-7-11/h2-4,6-7,10H,5,8-9,12H2,1H3/p+1/t10-/m1/s1. The van der Waals surface area contributed by atoms with Gasteiger partial charge in [-0.25, -0.2) is 0 Å². The Kier molecular flexibility index (Phi) is 4.50. The molecule has 0 saturated carbocycles. The highest BCUT2D eigenvalue weighted by molar-refractivity contribution is 5.16. The predicted molar refractivity (Wildman–Crippen MR) is 53.2 cm³/mol. The number of rotatable bonds is 5. The van der Waals surface area contributed by atoms with Crippen LogP contribution in [0, 0.1) is 0 Å². The molecule has 0 unspecified atom stereocenters. The first-order chi connectivity index (χ1) is 6.34. The molecule has 1 atom stereocenters. The molecule has 0 heterocycles. The fraction of sp³-hybridized carbons (Fsp3) is 0.455. The van der Waals surface area contributed by atoms with E-state index < -0.39 is 0 Å². The molecule has 0 saturated heterocycles. The van der Waals surface area contributed by atoms with Crippen molar-refractivity contribution in [2.24, 2.45) is 0 Å². The summed E-state index contributed by atoms with van der Waals surface area (Å²) in [4.78, 5) is 0. The van der Waals surface area contributed by atoms with E-state index >= 15 is 0 Å². The molecule has 1 rings (SSSR count). The summed E-state index contributed by atoms with van der Waals surface area (Å²) in [5.74, 6) is 0. The number of quaternary nitrogens is 1. The van der Waals surface area contributed by atoms with Crippen molar-refractivity contribution in [1.82, 2.24) is 0 Å². The van der Waals surface area contributed by atoms with Crippen molar-refractivity contribution < 1.29 is 10.5 Å². The van der Waals surface area contributed by atoms with E-state index in [1.165, 1.54) is 5.56 Å². The van der Waals surface area contributed by atoms with Gasteiger partial charge in [0, 0.05) is 6.42 Å². The lowest BCUT2D eigenvalue weighted by atomic mass is 10.1. The Bertz CT molecular complexity index is 223. The number of ether oxygens (including phenoxy) is 1. The summed E-state index contributed by atoms with van der Waals surface area (Å²) < 4.78 is 5.63. The molecule has 0 aliphatic carbocycles. The molecule has 1 aromatic carbocycles. The van der Waals surface area contributed by atoms with Gasteiger partial charge < -0.3 is 10.5 Å². The van der Waals surface area contributed by atoms with Crippen molar-refractivity contribution in [3.8, 4) is 0 Å². The number of benzene rings is 1. The van der Waals surface area contributed by atoms with Gasteiger partial charge in [0.15, 0.2) is 0 Å². The Labute approximate surface area is 79.7 Å². The summed E-state index contributed by atoms with van der Waals surface area (Å²) in [6, 6.07) is 10.3. The average molecular weight is 180 g/mol. The van der Waals surface area contributed by atoms with E-state index in [0.717, 1.165) is 19.6 Å². The van der Waals surface area contributed by atoms with Gasteiger partial charge in [0.2, 0.25) is 0 Å². The fourth-order valence-electron chi connectivity index (χ4n) is 1.18. The Morgan fingerprint density at radius 3 is 2.62 bits per heavy atom. The van der Waals surface area contributed by atoms with Crippen LogP contribution in [0.4, 0.5) is 0 Å². The van der Waals surface area contributed by atoms with Crippen molar-refractivity contribution >= 4 is 0 Å². The molecule has 2 heteroatoms. The second kappa shape index (κ2) is 5.73. The van der Waals surface area contributed by atoms with Crippen LogP contribution in [-0.4, -0.2) is 13.2 Å². The van der Waals surface area contributed by atoms with Gasteiger partial charge in [0.05, 0.1) is 19.3 Å². The van der Waals surface area contributed by atoms with Crippen molar-refractivity contribution in [3.05, 3.63) is 35.9 Å². The SMILES string of the molecule is C[C@@H](OCCC[NH3+])c1ccccc1. The smallest absolute Gasteiger partial charge is 0.0796 e. The molecule has 72 valence electrons. The molecular weight excluding hydrogens is 162 g/mol. The van der Waals surface area contributed by atoms with E-state index in [1.54, 1.807) is 0 Å². The highest BCUT2D eigenvalue weighted by Crippen LogP contribution is 2.15. The average Bonchev–Trinajstić information content (AvgIpc) is 2.19. The number of hydrogen-bond acceptors (Lipinski definition) is 1. The van der Waals surface area contributed by atoms with Crippen LogP contribution in [0.25, 0.3) is 0 Å². The van der Waals surface area contributed by atoms with Crippen LogP contribution in [0.2, 0.25) is 0 Å². The van der Waals surface area contributed by atoms with Gasteiger partial charge in [-0.3, -0.25) is 0 Å². The number of hydrogen-bond donors (Lipinski definition) is 1. The minimum Gasteiger partial charge on any atom is -0.374 e. The van der Waals surface area contributed by atoms with Crippen LogP contribution in [0.15, 0.2) is 30.3 Å². The molecule has 1 aromatic rings. The van der Waals surface area contributed by atoms with Gasteiger partial charge in [-0.05, 0) is 12.5 Å². The van der Waals surface area contributed by atoms with Gasteiger partial charge in [-0.1, -0.05) is 30.3 Å². The molecule has 0 aliphatic rings. The summed E-state index contributed by atoms with van der Waals surface area (Å²) >= 11 is 0. The summed E-state index contributed by atoms with van der Waals surface area (Å²) in [6.07, 6.45) is 1.24. The van der Waals surface area contributed by atoms with E-state index in [4.69, 9.17) is 4.74 Å². The van der Waals surface area contributed by atoms with Crippen molar-refractivity contribution in [3.63, 3.8) is 0 Å². The maximum Gasteiger partial charge on any atom is 0.0796 e. The Hall–Kier alpha value is -0.860. The highest BCUT2D eigenvalue weighted by Gasteiger charge is 2.03. The molecule has 3 N–H and O–H groups in total. The zero-order valence-corrected chi connectivity index (χ0v) is 8.20. The molecule has 0 aliphatic heterocycles. The van der Waals surface area contributed by atoms with E-state index in [1.807, 2.05) is 18.2 Å². The Balaban J connectivity index is 2.35. The fourth-order valence-corrected chi connectivity index (χ4v) is 1.18. The molecular formula is C11H18NO+. The predicted octanol–water partition coefficient (Wildman–Crippen LogP) is 1.40. The molecule has 0 radical (unpaired) electrons. The van der Waals surface area contributed by atoms with Crippen molar-refractivity contribution in [1.29, 1.82) is 0 Å². The van der Waals surface area contributed by atoms with Gasteiger partial charge >= 0.3 is 0 Å². The first-order valence-corrected chi connectivity index (χ1v) is 4.80. The molecule has 0 amide bonds. The lowest BCUT2D eigenvalue weighted by Gasteiger charge is -2.12. The third-order valence-corrected chi connectivity index (χ3v) is 2.03. The molecule has 0 spiro atoms. The van der Waals surface area contributed by atoms with Crippen LogP contribution in [-0.2, 0) is 4.74 Å². The maximum absolute atomic E-state index is 5.63. The second-order valence-corrected chi connectivity index (χ2v) is 3.13. The van der Waals surface area contributed by atoms with E-state index in [0.29, 0.717) is 0 Å². The van der Waals surface area contributed by atoms with E-state index in [2.05, 4.69) is 24.8 Å². The van der Waals surface area contributed by atoms with Crippen LogP contribution >= 0.6 is 0 Å². The lowest BCUT2D eigenvalue weighted by Crippen LogP contribution is -2.50. The first kappa shape index (κ1) is 10.2. The monoisotopic (exact) mass is 180 g/mol. The summed E-state index contributed by atoms with van der Waals surface area (Å²) in [6.45, 7) is 3.83. The van der Waals surface area contributed by atoms with Crippen LogP contribution in [0.5, 0.6) is 0 Å². The Morgan fingerprint density at radius 2 is 2.00 bits per heavy atom. The zero-order valence-electron chi connectivity index (χ0n) is 8.20. The molecule has 0 bridgehead atoms. The minimum atomic E-state index is 0.202. The topological polar surface area (TPSA) is 36.9 Å². The van der Waals surface area contributed by atoms with Gasteiger partial charge in [-0.15, -0.1) is 0 Å². The maximum atomic E-state index is 5.63. The first-order valence-electron chi connectivity index (χ1n) is 4.80. The van der Waals surface area contributed by atoms with Crippen LogP contribution in [0.3, 0.4) is 0 Å². The molecule has 13 heavy (non-hydrogen) atoms. The normalized spacial score (nSPS) is 12.8. The second-order valence-electron chi connectivity index (χ2n) is 3.13. The third kappa shape index (κ3) is 3.57. The van der Waals surface area contributed by atoms with Gasteiger partial charge in [0.25, 0.3) is 0 Å². The molecule has 0 fully saturated rings. The van der Waals surface area contributed by atoms with Crippen LogP contribution < -0.4 is 5.73 Å².